The number of hydrogen-bond acceptors (Lipinski definition) is 5. The molecule has 2 rings (SSSR count). The Balaban J connectivity index is 2.07. The van der Waals surface area contributed by atoms with Crippen LogP contribution in [0.2, 0.25) is 0 Å². The van der Waals surface area contributed by atoms with Gasteiger partial charge in [0.2, 0.25) is 15.9 Å². The Morgan fingerprint density at radius 3 is 2.21 bits per heavy atom. The number of nitrogens with one attached hydrogen (secondary N) is 1. The summed E-state index contributed by atoms with van der Waals surface area (Å²) in [5.41, 5.74) is 3.86. The van der Waals surface area contributed by atoms with Crippen LogP contribution < -0.4 is 5.32 Å². The predicted molar refractivity (Wildman–Crippen MR) is 113 cm³/mol. The zero-order chi connectivity index (χ0) is 21.8. The SMILES string of the molecule is Cc1ccc(S(=O)(=O)N(C)CC(=O)N[C@@H](Cc2ccc(C)cc2C)B(O)O)cc1. The molecule has 0 aliphatic heterocycles. The van der Waals surface area contributed by atoms with Crippen LogP contribution in [0, 0.1) is 20.8 Å². The number of hydrogen-bond donors (Lipinski definition) is 3. The van der Waals surface area contributed by atoms with E-state index in [2.05, 4.69) is 5.32 Å². The summed E-state index contributed by atoms with van der Waals surface area (Å²) in [5, 5.41) is 21.9. The van der Waals surface area contributed by atoms with Crippen molar-refractivity contribution in [3.05, 3.63) is 64.7 Å². The molecule has 0 fully saturated rings. The Morgan fingerprint density at radius 2 is 1.66 bits per heavy atom. The summed E-state index contributed by atoms with van der Waals surface area (Å²) >= 11 is 0. The van der Waals surface area contributed by atoms with Gasteiger partial charge >= 0.3 is 7.12 Å². The standard InChI is InChI=1S/C20H27BN2O5S/c1-14-6-9-18(10-7-14)29(27,28)23(4)13-20(24)22-19(21(25)26)12-17-8-5-15(2)11-16(17)3/h5-11,19,25-26H,12-13H2,1-4H3,(H,22,24)/t19-/m0/s1. The van der Waals surface area contributed by atoms with Crippen molar-refractivity contribution in [3.8, 4) is 0 Å². The van der Waals surface area contributed by atoms with E-state index < -0.39 is 35.5 Å². The summed E-state index contributed by atoms with van der Waals surface area (Å²) < 4.78 is 26.2. The van der Waals surface area contributed by atoms with Crippen molar-refractivity contribution < 1.29 is 23.3 Å². The Hall–Kier alpha value is -2.20. The topological polar surface area (TPSA) is 107 Å². The van der Waals surface area contributed by atoms with Crippen LogP contribution in [0.5, 0.6) is 0 Å². The Kier molecular flexibility index (Phi) is 7.59. The van der Waals surface area contributed by atoms with Crippen molar-refractivity contribution in [2.24, 2.45) is 0 Å². The number of likely N-dealkylation sites (N-methyl/N-ethyl adjacent to an activating group) is 1. The molecule has 0 saturated heterocycles. The van der Waals surface area contributed by atoms with E-state index in [1.165, 1.54) is 19.2 Å². The lowest BCUT2D eigenvalue weighted by molar-refractivity contribution is -0.121. The first-order valence-corrected chi connectivity index (χ1v) is 10.7. The highest BCUT2D eigenvalue weighted by Crippen LogP contribution is 2.15. The van der Waals surface area contributed by atoms with Gasteiger partial charge in [0.15, 0.2) is 0 Å². The molecule has 1 atom stereocenters. The fraction of sp³-hybridized carbons (Fsp3) is 0.350. The average Bonchev–Trinajstić information content (AvgIpc) is 2.63. The third-order valence-electron chi connectivity index (χ3n) is 4.74. The number of carbonyl (C=O) groups is 1. The number of rotatable bonds is 8. The maximum atomic E-state index is 12.6. The summed E-state index contributed by atoms with van der Waals surface area (Å²) in [6.45, 7) is 5.28. The maximum absolute atomic E-state index is 12.6. The van der Waals surface area contributed by atoms with Crippen LogP contribution in [-0.2, 0) is 21.2 Å². The zero-order valence-electron chi connectivity index (χ0n) is 17.1. The highest BCUT2D eigenvalue weighted by Gasteiger charge is 2.28. The first-order chi connectivity index (χ1) is 13.5. The van der Waals surface area contributed by atoms with Crippen LogP contribution in [-0.4, -0.2) is 55.3 Å². The molecule has 156 valence electrons. The van der Waals surface area contributed by atoms with E-state index >= 15 is 0 Å². The third kappa shape index (κ3) is 6.14. The van der Waals surface area contributed by atoms with Gasteiger partial charge in [0.1, 0.15) is 0 Å². The van der Waals surface area contributed by atoms with E-state index in [4.69, 9.17) is 0 Å². The molecule has 0 aliphatic carbocycles. The Morgan fingerprint density at radius 1 is 1.07 bits per heavy atom. The van der Waals surface area contributed by atoms with Crippen molar-refractivity contribution in [2.45, 2.75) is 38.0 Å². The monoisotopic (exact) mass is 418 g/mol. The second-order valence-electron chi connectivity index (χ2n) is 7.30. The molecule has 29 heavy (non-hydrogen) atoms. The van der Waals surface area contributed by atoms with Crippen molar-refractivity contribution in [2.75, 3.05) is 13.6 Å². The smallest absolute Gasteiger partial charge is 0.426 e. The second-order valence-corrected chi connectivity index (χ2v) is 9.34. The van der Waals surface area contributed by atoms with Gasteiger partial charge in [-0.25, -0.2) is 8.42 Å². The molecule has 0 bridgehead atoms. The fourth-order valence-corrected chi connectivity index (χ4v) is 4.10. The minimum absolute atomic E-state index is 0.0902. The molecule has 9 heteroatoms. The van der Waals surface area contributed by atoms with E-state index in [0.717, 1.165) is 26.6 Å². The molecular formula is C20H27BN2O5S. The lowest BCUT2D eigenvalue weighted by Crippen LogP contribution is -2.50. The number of sulfonamides is 1. The molecule has 0 aromatic heterocycles. The van der Waals surface area contributed by atoms with Crippen molar-refractivity contribution in [3.63, 3.8) is 0 Å². The predicted octanol–water partition coefficient (Wildman–Crippen LogP) is 0.972. The number of aryl methyl sites for hydroxylation is 3. The molecule has 0 unspecified atom stereocenters. The fourth-order valence-electron chi connectivity index (χ4n) is 2.97. The van der Waals surface area contributed by atoms with Crippen LogP contribution in [0.3, 0.4) is 0 Å². The van der Waals surface area contributed by atoms with Gasteiger partial charge in [-0.05, 0) is 50.5 Å². The Bertz CT molecular complexity index is 961. The highest BCUT2D eigenvalue weighted by molar-refractivity contribution is 7.89. The van der Waals surface area contributed by atoms with Gasteiger partial charge in [0.05, 0.1) is 17.4 Å². The van der Waals surface area contributed by atoms with Gasteiger partial charge in [-0.1, -0.05) is 41.5 Å². The summed E-state index contributed by atoms with van der Waals surface area (Å²) in [6, 6.07) is 12.1. The van der Waals surface area contributed by atoms with Crippen LogP contribution in [0.4, 0.5) is 0 Å². The minimum Gasteiger partial charge on any atom is -0.426 e. The van der Waals surface area contributed by atoms with E-state index in [0.29, 0.717) is 0 Å². The Labute approximate surface area is 172 Å². The van der Waals surface area contributed by atoms with Crippen molar-refractivity contribution in [1.29, 1.82) is 0 Å². The second kappa shape index (κ2) is 9.54. The molecule has 1 amide bonds. The van der Waals surface area contributed by atoms with E-state index in [1.54, 1.807) is 12.1 Å². The molecule has 2 aromatic carbocycles. The third-order valence-corrected chi connectivity index (χ3v) is 6.56. The first kappa shape index (κ1) is 23.1. The number of benzene rings is 2. The maximum Gasteiger partial charge on any atom is 0.475 e. The average molecular weight is 418 g/mol. The number of amides is 1. The molecule has 0 radical (unpaired) electrons. The molecule has 0 saturated carbocycles. The van der Waals surface area contributed by atoms with Gasteiger partial charge in [0, 0.05) is 7.05 Å². The van der Waals surface area contributed by atoms with Crippen LogP contribution >= 0.6 is 0 Å². The normalized spacial score (nSPS) is 12.7. The summed E-state index contributed by atoms with van der Waals surface area (Å²) in [7, 11) is -4.30. The van der Waals surface area contributed by atoms with Crippen LogP contribution in [0.25, 0.3) is 0 Å². The minimum atomic E-state index is -3.83. The molecule has 0 heterocycles. The van der Waals surface area contributed by atoms with Gasteiger partial charge in [-0.2, -0.15) is 4.31 Å². The molecular weight excluding hydrogens is 391 g/mol. The van der Waals surface area contributed by atoms with Gasteiger partial charge in [-0.15, -0.1) is 0 Å². The van der Waals surface area contributed by atoms with Crippen molar-refractivity contribution >= 4 is 23.0 Å². The van der Waals surface area contributed by atoms with Crippen LogP contribution in [0.15, 0.2) is 47.4 Å². The molecule has 2 aromatic rings. The quantitative estimate of drug-likeness (QED) is 0.554. The zero-order valence-corrected chi connectivity index (χ0v) is 17.9. The molecule has 3 N–H and O–H groups in total. The summed E-state index contributed by atoms with van der Waals surface area (Å²) in [5.74, 6) is -1.58. The van der Waals surface area contributed by atoms with Crippen LogP contribution in [0.1, 0.15) is 22.3 Å². The molecule has 7 nitrogen and oxygen atoms in total. The van der Waals surface area contributed by atoms with Crippen molar-refractivity contribution in [1.82, 2.24) is 9.62 Å². The van der Waals surface area contributed by atoms with Gasteiger partial charge in [0.25, 0.3) is 0 Å². The summed E-state index contributed by atoms with van der Waals surface area (Å²) in [4.78, 5) is 12.5. The highest BCUT2D eigenvalue weighted by atomic mass is 32.2. The lowest BCUT2D eigenvalue weighted by atomic mass is 9.75. The van der Waals surface area contributed by atoms with Gasteiger partial charge < -0.3 is 15.4 Å². The number of carbonyl (C=O) groups excluding carboxylic acids is 1. The molecule has 0 aliphatic rings. The number of nitrogens with zero attached hydrogens (tertiary/aromatic N) is 1. The van der Waals surface area contributed by atoms with E-state index in [9.17, 15) is 23.3 Å². The first-order valence-electron chi connectivity index (χ1n) is 9.25. The molecule has 0 spiro atoms. The van der Waals surface area contributed by atoms with E-state index in [1.807, 2.05) is 39.0 Å². The van der Waals surface area contributed by atoms with Gasteiger partial charge in [-0.3, -0.25) is 4.79 Å². The van der Waals surface area contributed by atoms with E-state index in [-0.39, 0.29) is 11.3 Å². The lowest BCUT2D eigenvalue weighted by Gasteiger charge is -2.22. The largest absolute Gasteiger partial charge is 0.475 e. The summed E-state index contributed by atoms with van der Waals surface area (Å²) in [6.07, 6.45) is 0.212.